The summed E-state index contributed by atoms with van der Waals surface area (Å²) in [4.78, 5) is 25.5. The van der Waals surface area contributed by atoms with Crippen LogP contribution in [-0.2, 0) is 9.59 Å². The topological polar surface area (TPSA) is 99.0 Å². The molecule has 1 atom stereocenters. The van der Waals surface area contributed by atoms with Gasteiger partial charge in [-0.25, -0.2) is 4.42 Å². The van der Waals surface area contributed by atoms with Gasteiger partial charge in [-0.15, -0.1) is 0 Å². The normalized spacial score (nSPS) is 11.7. The van der Waals surface area contributed by atoms with Crippen molar-refractivity contribution in [1.29, 1.82) is 0 Å². The number of nitrogens with zero attached hydrogens (tertiary/aromatic N) is 3. The number of Topliss-reactive ketones (excluding diaryl/α,β-unsaturated/α-hetero) is 1. The van der Waals surface area contributed by atoms with Crippen LogP contribution in [0.5, 0.6) is 23.0 Å². The first kappa shape index (κ1) is 26.9. The molecule has 0 N–H and O–H groups in total. The van der Waals surface area contributed by atoms with E-state index >= 15 is 0 Å². The van der Waals surface area contributed by atoms with E-state index < -0.39 is 17.7 Å². The highest BCUT2D eigenvalue weighted by Gasteiger charge is 2.31. The van der Waals surface area contributed by atoms with Crippen LogP contribution in [0.3, 0.4) is 0 Å². The van der Waals surface area contributed by atoms with Crippen LogP contribution < -0.4 is 23.4 Å². The predicted molar refractivity (Wildman–Crippen MR) is 130 cm³/mol. The molecule has 0 radical (unpaired) electrons. The summed E-state index contributed by atoms with van der Waals surface area (Å²) >= 11 is 6.39. The monoisotopic (exact) mass is 491 g/mol. The van der Waals surface area contributed by atoms with E-state index in [0.29, 0.717) is 55.1 Å². The van der Waals surface area contributed by atoms with Crippen molar-refractivity contribution in [2.75, 3.05) is 30.8 Å². The Morgan fingerprint density at radius 3 is 2.18 bits per heavy atom. The molecule has 1 amide bonds. The van der Waals surface area contributed by atoms with Gasteiger partial charge in [0.05, 0.1) is 26.4 Å². The SMILES string of the molecule is CCOc1ccc(OCC)c(N(Cl)C(=O)C(N=Nc2cccc(OCC)c2OCC)C(C)=O)c1. The Kier molecular flexibility index (Phi) is 10.6. The molecule has 0 fully saturated rings. The number of ether oxygens (including phenoxy) is 4. The summed E-state index contributed by atoms with van der Waals surface area (Å²) < 4.78 is 23.1. The second kappa shape index (κ2) is 13.4. The first-order valence-corrected chi connectivity index (χ1v) is 11.4. The van der Waals surface area contributed by atoms with E-state index in [0.717, 1.165) is 4.42 Å². The number of rotatable bonds is 13. The van der Waals surface area contributed by atoms with Gasteiger partial charge in [0.2, 0.25) is 6.04 Å². The van der Waals surface area contributed by atoms with Gasteiger partial charge in [0.25, 0.3) is 5.91 Å². The Balaban J connectivity index is 2.40. The van der Waals surface area contributed by atoms with Crippen LogP contribution in [0.15, 0.2) is 46.6 Å². The Morgan fingerprint density at radius 2 is 1.56 bits per heavy atom. The zero-order valence-electron chi connectivity index (χ0n) is 20.0. The molecule has 9 nitrogen and oxygen atoms in total. The molecule has 10 heteroatoms. The highest BCUT2D eigenvalue weighted by molar-refractivity contribution is 6.39. The van der Waals surface area contributed by atoms with Crippen molar-refractivity contribution in [1.82, 2.24) is 0 Å². The van der Waals surface area contributed by atoms with E-state index in [1.807, 2.05) is 20.8 Å². The molecule has 0 aliphatic rings. The van der Waals surface area contributed by atoms with Gasteiger partial charge in [0.1, 0.15) is 22.9 Å². The Bertz CT molecular complexity index is 1010. The van der Waals surface area contributed by atoms with Gasteiger partial charge in [-0.2, -0.15) is 10.2 Å². The van der Waals surface area contributed by atoms with E-state index in [9.17, 15) is 9.59 Å². The average molecular weight is 492 g/mol. The fraction of sp³-hybridized carbons (Fsp3) is 0.417. The maximum Gasteiger partial charge on any atom is 0.276 e. The van der Waals surface area contributed by atoms with Gasteiger partial charge in [0.15, 0.2) is 17.3 Å². The molecular formula is C24H30ClN3O6. The zero-order chi connectivity index (χ0) is 25.1. The fourth-order valence-electron chi connectivity index (χ4n) is 2.98. The fourth-order valence-corrected chi connectivity index (χ4v) is 3.20. The number of amides is 1. The summed E-state index contributed by atoms with van der Waals surface area (Å²) in [5, 5.41) is 8.14. The van der Waals surface area contributed by atoms with Crippen molar-refractivity contribution < 1.29 is 28.5 Å². The van der Waals surface area contributed by atoms with Gasteiger partial charge in [-0.1, -0.05) is 6.07 Å². The van der Waals surface area contributed by atoms with E-state index in [-0.39, 0.29) is 5.69 Å². The number of ketones is 1. The van der Waals surface area contributed by atoms with Gasteiger partial charge >= 0.3 is 0 Å². The van der Waals surface area contributed by atoms with Crippen molar-refractivity contribution in [2.45, 2.75) is 40.7 Å². The standard InChI is InChI=1S/C24H30ClN3O6/c1-6-31-17-13-14-20(32-7-2)19(15-17)28(25)24(30)22(16(5)29)27-26-18-11-10-12-21(33-8-3)23(18)34-9-4/h10-15,22H,6-9H2,1-5H3. The molecule has 2 rings (SSSR count). The molecule has 2 aromatic carbocycles. The van der Waals surface area contributed by atoms with Crippen molar-refractivity contribution in [3.05, 3.63) is 36.4 Å². The number of anilines is 1. The highest BCUT2D eigenvalue weighted by atomic mass is 35.5. The molecule has 34 heavy (non-hydrogen) atoms. The lowest BCUT2D eigenvalue weighted by Crippen LogP contribution is -2.36. The second-order valence-corrected chi connectivity index (χ2v) is 7.15. The van der Waals surface area contributed by atoms with Crippen LogP contribution in [0.4, 0.5) is 11.4 Å². The quantitative estimate of drug-likeness (QED) is 0.208. The summed E-state index contributed by atoms with van der Waals surface area (Å²) in [6.07, 6.45) is 0. The predicted octanol–water partition coefficient (Wildman–Crippen LogP) is 5.51. The molecular weight excluding hydrogens is 462 g/mol. The van der Waals surface area contributed by atoms with Crippen LogP contribution in [0, 0.1) is 0 Å². The number of benzene rings is 2. The van der Waals surface area contributed by atoms with Crippen LogP contribution in [-0.4, -0.2) is 44.2 Å². The first-order chi connectivity index (χ1) is 16.4. The summed E-state index contributed by atoms with van der Waals surface area (Å²) in [6, 6.07) is 8.53. The van der Waals surface area contributed by atoms with Gasteiger partial charge in [0, 0.05) is 17.8 Å². The number of hydrogen-bond donors (Lipinski definition) is 0. The number of azo groups is 1. The summed E-state index contributed by atoms with van der Waals surface area (Å²) in [6.45, 7) is 10.1. The van der Waals surface area contributed by atoms with Crippen LogP contribution in [0.25, 0.3) is 0 Å². The Labute approximate surface area is 204 Å². The number of carbonyl (C=O) groups is 2. The number of halogens is 1. The van der Waals surface area contributed by atoms with Gasteiger partial charge < -0.3 is 18.9 Å². The van der Waals surface area contributed by atoms with E-state index in [2.05, 4.69) is 10.2 Å². The molecule has 1 unspecified atom stereocenters. The van der Waals surface area contributed by atoms with E-state index in [1.165, 1.54) is 6.92 Å². The third-order valence-corrected chi connectivity index (χ3v) is 4.74. The van der Waals surface area contributed by atoms with Crippen molar-refractivity contribution in [3.8, 4) is 23.0 Å². The smallest absolute Gasteiger partial charge is 0.276 e. The van der Waals surface area contributed by atoms with Gasteiger partial charge in [-0.05, 0) is 58.9 Å². The summed E-state index contributed by atoms with van der Waals surface area (Å²) in [5.41, 5.74) is 0.551. The number of carbonyl (C=O) groups excluding carboxylic acids is 2. The average Bonchev–Trinajstić information content (AvgIpc) is 2.81. The summed E-state index contributed by atoms with van der Waals surface area (Å²) in [5.74, 6) is 0.394. The Hall–Kier alpha value is -3.33. The van der Waals surface area contributed by atoms with Crippen molar-refractivity contribution in [3.63, 3.8) is 0 Å². The van der Waals surface area contributed by atoms with Crippen molar-refractivity contribution >= 4 is 34.8 Å². The molecule has 0 spiro atoms. The molecule has 0 saturated carbocycles. The molecule has 0 aliphatic carbocycles. The molecule has 0 heterocycles. The highest BCUT2D eigenvalue weighted by Crippen LogP contribution is 2.38. The number of para-hydroxylation sites is 1. The maximum absolute atomic E-state index is 13.2. The van der Waals surface area contributed by atoms with Crippen LogP contribution in [0.1, 0.15) is 34.6 Å². The lowest BCUT2D eigenvalue weighted by atomic mass is 10.2. The largest absolute Gasteiger partial charge is 0.494 e. The minimum atomic E-state index is -1.48. The van der Waals surface area contributed by atoms with Gasteiger partial charge in [-0.3, -0.25) is 9.59 Å². The minimum Gasteiger partial charge on any atom is -0.494 e. The third kappa shape index (κ3) is 6.84. The molecule has 184 valence electrons. The zero-order valence-corrected chi connectivity index (χ0v) is 20.8. The Morgan fingerprint density at radius 1 is 0.912 bits per heavy atom. The lowest BCUT2D eigenvalue weighted by molar-refractivity contribution is -0.126. The minimum absolute atomic E-state index is 0.231. The molecule has 0 bridgehead atoms. The molecule has 0 aromatic heterocycles. The molecule has 2 aromatic rings. The maximum atomic E-state index is 13.2. The molecule has 0 saturated heterocycles. The van der Waals surface area contributed by atoms with Crippen LogP contribution in [0.2, 0.25) is 0 Å². The van der Waals surface area contributed by atoms with Crippen LogP contribution >= 0.6 is 11.8 Å². The first-order valence-electron chi connectivity index (χ1n) is 11.1. The lowest BCUT2D eigenvalue weighted by Gasteiger charge is -2.20. The molecule has 0 aliphatic heterocycles. The third-order valence-electron chi connectivity index (χ3n) is 4.39. The number of hydrogen-bond acceptors (Lipinski definition) is 8. The van der Waals surface area contributed by atoms with E-state index in [4.69, 9.17) is 30.7 Å². The summed E-state index contributed by atoms with van der Waals surface area (Å²) in [7, 11) is 0. The van der Waals surface area contributed by atoms with Crippen molar-refractivity contribution in [2.24, 2.45) is 10.2 Å². The second-order valence-electron chi connectivity index (χ2n) is 6.81. The van der Waals surface area contributed by atoms with E-state index in [1.54, 1.807) is 43.3 Å².